The lowest BCUT2D eigenvalue weighted by molar-refractivity contribution is -0.142. The highest BCUT2D eigenvalue weighted by Gasteiger charge is 2.30. The molecule has 0 unspecified atom stereocenters. The van der Waals surface area contributed by atoms with Gasteiger partial charge in [-0.25, -0.2) is 13.2 Å². The molecule has 0 fully saturated rings. The zero-order valence-corrected chi connectivity index (χ0v) is 17.5. The second-order valence-electron chi connectivity index (χ2n) is 7.29. The van der Waals surface area contributed by atoms with Crippen molar-refractivity contribution in [1.29, 1.82) is 0 Å². The number of carbonyl (C=O) groups is 2. The first-order chi connectivity index (χ1) is 12.4. The number of halogens is 1. The Balaban J connectivity index is 3.01. The molecular weight excluding hydrogens is 392 g/mol. The summed E-state index contributed by atoms with van der Waals surface area (Å²) in [5.41, 5.74) is 0. The molecule has 0 aliphatic carbocycles. The van der Waals surface area contributed by atoms with Gasteiger partial charge in [0.1, 0.15) is 12.1 Å². The van der Waals surface area contributed by atoms with Crippen molar-refractivity contribution >= 4 is 33.5 Å². The third kappa shape index (κ3) is 7.86. The number of aliphatic carboxylic acids is 1. The average molecular weight is 419 g/mol. The first-order valence-corrected chi connectivity index (χ1v) is 10.6. The molecule has 7 nitrogen and oxygen atoms in total. The molecule has 0 spiro atoms. The Bertz CT molecular complexity index is 748. The number of sulfonamides is 1. The van der Waals surface area contributed by atoms with Crippen LogP contribution in [-0.4, -0.2) is 37.5 Å². The summed E-state index contributed by atoms with van der Waals surface area (Å²) in [6.07, 6.45) is 0.478. The number of nitrogens with one attached hydrogen (secondary N) is 2. The van der Waals surface area contributed by atoms with Gasteiger partial charge < -0.3 is 10.4 Å². The summed E-state index contributed by atoms with van der Waals surface area (Å²) in [5.74, 6) is -1.74. The fourth-order valence-corrected chi connectivity index (χ4v) is 3.85. The number of carboxylic acid groups (broad SMARTS) is 1. The Labute approximate surface area is 165 Å². The number of hydrogen-bond donors (Lipinski definition) is 3. The van der Waals surface area contributed by atoms with Crippen LogP contribution in [0.1, 0.15) is 40.5 Å². The summed E-state index contributed by atoms with van der Waals surface area (Å²) in [6.45, 7) is 7.38. The van der Waals surface area contributed by atoms with Crippen LogP contribution in [0.3, 0.4) is 0 Å². The largest absolute Gasteiger partial charge is 0.480 e. The number of hydrogen-bond acceptors (Lipinski definition) is 4. The molecule has 1 rings (SSSR count). The van der Waals surface area contributed by atoms with Crippen LogP contribution in [-0.2, 0) is 19.6 Å². The van der Waals surface area contributed by atoms with E-state index in [-0.39, 0.29) is 29.6 Å². The highest BCUT2D eigenvalue weighted by molar-refractivity contribution is 7.89. The lowest BCUT2D eigenvalue weighted by atomic mass is 10.0. The summed E-state index contributed by atoms with van der Waals surface area (Å²) < 4.78 is 27.6. The van der Waals surface area contributed by atoms with E-state index in [2.05, 4.69) is 10.0 Å². The second-order valence-corrected chi connectivity index (χ2v) is 9.44. The van der Waals surface area contributed by atoms with Crippen LogP contribution in [0.2, 0.25) is 5.02 Å². The Hall–Kier alpha value is -1.64. The summed E-state index contributed by atoms with van der Waals surface area (Å²) in [5, 5.41) is 12.1. The minimum Gasteiger partial charge on any atom is -0.480 e. The monoisotopic (exact) mass is 418 g/mol. The zero-order valence-electron chi connectivity index (χ0n) is 15.9. The molecule has 9 heteroatoms. The zero-order chi connectivity index (χ0) is 20.8. The van der Waals surface area contributed by atoms with Crippen molar-refractivity contribution < 1.29 is 23.1 Å². The summed E-state index contributed by atoms with van der Waals surface area (Å²) in [4.78, 5) is 24.0. The smallest absolute Gasteiger partial charge is 0.326 e. The molecule has 3 N–H and O–H groups in total. The standard InChI is InChI=1S/C18H27ClN2O5S/c1-11(2)9-15(17(22)20-16(18(23)24)10-12(3)4)21-27(25,26)14-7-5-13(19)6-8-14/h5-8,11-12,15-16,21H,9-10H2,1-4H3,(H,20,22)(H,23,24)/t15-,16+/m1/s1. The Morgan fingerprint density at radius 1 is 1.00 bits per heavy atom. The molecule has 1 aromatic carbocycles. The molecule has 1 amide bonds. The van der Waals surface area contributed by atoms with Gasteiger partial charge >= 0.3 is 5.97 Å². The average Bonchev–Trinajstić information content (AvgIpc) is 2.52. The van der Waals surface area contributed by atoms with Crippen molar-refractivity contribution in [2.75, 3.05) is 0 Å². The predicted molar refractivity (Wildman–Crippen MR) is 104 cm³/mol. The van der Waals surface area contributed by atoms with Crippen molar-refractivity contribution in [3.8, 4) is 0 Å². The summed E-state index contributed by atoms with van der Waals surface area (Å²) in [6, 6.07) is 3.40. The quantitative estimate of drug-likeness (QED) is 0.540. The molecule has 0 saturated carbocycles. The third-order valence-electron chi connectivity index (χ3n) is 3.77. The van der Waals surface area contributed by atoms with E-state index in [9.17, 15) is 23.1 Å². The fourth-order valence-electron chi connectivity index (χ4n) is 2.51. The van der Waals surface area contributed by atoms with E-state index in [0.717, 1.165) is 0 Å². The second kappa shape index (κ2) is 10.1. The third-order valence-corrected chi connectivity index (χ3v) is 5.51. The van der Waals surface area contributed by atoms with Gasteiger partial charge in [0.15, 0.2) is 0 Å². The topological polar surface area (TPSA) is 113 Å². The van der Waals surface area contributed by atoms with Gasteiger partial charge in [0.2, 0.25) is 15.9 Å². The highest BCUT2D eigenvalue weighted by atomic mass is 35.5. The van der Waals surface area contributed by atoms with Crippen LogP contribution in [0.15, 0.2) is 29.2 Å². The number of rotatable bonds is 10. The normalized spacial score (nSPS) is 14.2. The van der Waals surface area contributed by atoms with Crippen molar-refractivity contribution in [2.24, 2.45) is 11.8 Å². The minimum atomic E-state index is -3.96. The summed E-state index contributed by atoms with van der Waals surface area (Å²) in [7, 11) is -3.96. The number of carboxylic acids is 1. The van der Waals surface area contributed by atoms with E-state index in [4.69, 9.17) is 11.6 Å². The molecule has 0 radical (unpaired) electrons. The molecule has 27 heavy (non-hydrogen) atoms. The number of amides is 1. The van der Waals surface area contributed by atoms with E-state index in [0.29, 0.717) is 5.02 Å². The van der Waals surface area contributed by atoms with Crippen molar-refractivity contribution in [3.63, 3.8) is 0 Å². The van der Waals surface area contributed by atoms with Crippen LogP contribution in [0.4, 0.5) is 0 Å². The molecule has 0 aliphatic rings. The molecular formula is C18H27ClN2O5S. The minimum absolute atomic E-state index is 0.0158. The highest BCUT2D eigenvalue weighted by Crippen LogP contribution is 2.16. The van der Waals surface area contributed by atoms with Gasteiger partial charge in [-0.15, -0.1) is 0 Å². The fraction of sp³-hybridized carbons (Fsp3) is 0.556. The van der Waals surface area contributed by atoms with Gasteiger partial charge in [0.05, 0.1) is 4.90 Å². The maximum Gasteiger partial charge on any atom is 0.326 e. The predicted octanol–water partition coefficient (Wildman–Crippen LogP) is 2.65. The van der Waals surface area contributed by atoms with Crippen LogP contribution < -0.4 is 10.0 Å². The Morgan fingerprint density at radius 2 is 1.48 bits per heavy atom. The lowest BCUT2D eigenvalue weighted by Gasteiger charge is -2.23. The van der Waals surface area contributed by atoms with E-state index in [1.54, 1.807) is 0 Å². The molecule has 0 heterocycles. The number of benzene rings is 1. The van der Waals surface area contributed by atoms with Gasteiger partial charge in [0, 0.05) is 5.02 Å². The maximum atomic E-state index is 12.6. The van der Waals surface area contributed by atoms with Gasteiger partial charge in [0.25, 0.3) is 0 Å². The number of carbonyl (C=O) groups excluding carboxylic acids is 1. The molecule has 1 aromatic rings. The van der Waals surface area contributed by atoms with Crippen molar-refractivity contribution in [3.05, 3.63) is 29.3 Å². The van der Waals surface area contributed by atoms with E-state index in [1.807, 2.05) is 27.7 Å². The molecule has 0 saturated heterocycles. The molecule has 2 atom stereocenters. The van der Waals surface area contributed by atoms with E-state index < -0.39 is 34.0 Å². The van der Waals surface area contributed by atoms with Gasteiger partial charge in [-0.05, 0) is 48.9 Å². The van der Waals surface area contributed by atoms with Crippen LogP contribution in [0.25, 0.3) is 0 Å². The van der Waals surface area contributed by atoms with Gasteiger partial charge in [-0.2, -0.15) is 4.72 Å². The van der Waals surface area contributed by atoms with Gasteiger partial charge in [-0.1, -0.05) is 39.3 Å². The summed E-state index contributed by atoms with van der Waals surface area (Å²) >= 11 is 5.78. The molecule has 0 aromatic heterocycles. The first kappa shape index (κ1) is 23.4. The maximum absolute atomic E-state index is 12.6. The Kier molecular flexibility index (Phi) is 8.71. The van der Waals surface area contributed by atoms with E-state index in [1.165, 1.54) is 24.3 Å². The molecule has 0 bridgehead atoms. The Morgan fingerprint density at radius 3 is 1.93 bits per heavy atom. The van der Waals surface area contributed by atoms with Crippen molar-refractivity contribution in [1.82, 2.24) is 10.0 Å². The van der Waals surface area contributed by atoms with Crippen molar-refractivity contribution in [2.45, 2.75) is 57.5 Å². The van der Waals surface area contributed by atoms with Crippen LogP contribution >= 0.6 is 11.6 Å². The molecule has 0 aliphatic heterocycles. The van der Waals surface area contributed by atoms with E-state index >= 15 is 0 Å². The van der Waals surface area contributed by atoms with Crippen LogP contribution in [0, 0.1) is 11.8 Å². The first-order valence-electron chi connectivity index (χ1n) is 8.73. The van der Waals surface area contributed by atoms with Gasteiger partial charge in [-0.3, -0.25) is 4.79 Å². The molecule has 152 valence electrons. The SMILES string of the molecule is CC(C)C[C@H](NC(=O)[C@@H](CC(C)C)NS(=O)(=O)c1ccc(Cl)cc1)C(=O)O. The van der Waals surface area contributed by atoms with Crippen LogP contribution in [0.5, 0.6) is 0 Å². The lowest BCUT2D eigenvalue weighted by Crippen LogP contribution is -2.52.